The Morgan fingerprint density at radius 2 is 2.00 bits per heavy atom. The van der Waals surface area contributed by atoms with Crippen molar-refractivity contribution in [3.8, 4) is 0 Å². The van der Waals surface area contributed by atoms with Crippen LogP contribution in [-0.2, 0) is 21.4 Å². The average molecular weight is 449 g/mol. The zero-order valence-electron chi connectivity index (χ0n) is 14.7. The van der Waals surface area contributed by atoms with Crippen LogP contribution in [0.5, 0.6) is 0 Å². The highest BCUT2D eigenvalue weighted by Crippen LogP contribution is 2.27. The van der Waals surface area contributed by atoms with Gasteiger partial charge in [-0.05, 0) is 30.3 Å². The van der Waals surface area contributed by atoms with Crippen LogP contribution in [-0.4, -0.2) is 44.4 Å². The summed E-state index contributed by atoms with van der Waals surface area (Å²) in [6.45, 7) is 4.28. The SMILES string of the molecule is C=CCN(Cc1ccc(Cl)s1)C(=O)c1ccc(Cl)c(S(=O)(=O)N(C)OC)c1. The molecule has 0 aliphatic heterocycles. The molecular weight excluding hydrogens is 431 g/mol. The molecule has 0 atom stereocenters. The van der Waals surface area contributed by atoms with Crippen LogP contribution >= 0.6 is 34.5 Å². The molecule has 0 unspecified atom stereocenters. The van der Waals surface area contributed by atoms with Crippen molar-refractivity contribution in [3.05, 3.63) is 62.8 Å². The Balaban J connectivity index is 2.38. The molecule has 0 spiro atoms. The van der Waals surface area contributed by atoms with Gasteiger partial charge >= 0.3 is 0 Å². The summed E-state index contributed by atoms with van der Waals surface area (Å²) in [7, 11) is -1.53. The standard InChI is InChI=1S/C17H18Cl2N2O4S2/c1-4-9-21(11-13-6-8-16(19)26-13)17(22)12-5-7-14(18)15(10-12)27(23,24)20(2)25-3/h4-8,10H,1,9,11H2,2-3H3. The van der Waals surface area contributed by atoms with Gasteiger partial charge in [0.25, 0.3) is 15.9 Å². The number of amides is 1. The van der Waals surface area contributed by atoms with E-state index in [9.17, 15) is 13.2 Å². The molecule has 2 rings (SSSR count). The molecule has 1 aromatic carbocycles. The number of nitrogens with zero attached hydrogens (tertiary/aromatic N) is 2. The summed E-state index contributed by atoms with van der Waals surface area (Å²) in [4.78, 5) is 19.9. The summed E-state index contributed by atoms with van der Waals surface area (Å²) < 4.78 is 26.3. The molecule has 6 nitrogen and oxygen atoms in total. The number of hydroxylamine groups is 1. The zero-order valence-corrected chi connectivity index (χ0v) is 17.8. The third-order valence-electron chi connectivity index (χ3n) is 3.66. The van der Waals surface area contributed by atoms with Crippen LogP contribution in [0.3, 0.4) is 0 Å². The molecule has 0 aliphatic rings. The zero-order chi connectivity index (χ0) is 20.2. The van der Waals surface area contributed by atoms with Gasteiger partial charge in [-0.3, -0.25) is 9.63 Å². The first-order chi connectivity index (χ1) is 12.7. The maximum Gasteiger partial charge on any atom is 0.266 e. The van der Waals surface area contributed by atoms with Gasteiger partial charge in [-0.1, -0.05) is 33.7 Å². The molecule has 0 saturated carbocycles. The molecule has 146 valence electrons. The van der Waals surface area contributed by atoms with Crippen LogP contribution in [0.25, 0.3) is 0 Å². The number of halogens is 2. The lowest BCUT2D eigenvalue weighted by Gasteiger charge is -2.21. The van der Waals surface area contributed by atoms with E-state index in [4.69, 9.17) is 28.0 Å². The predicted octanol–water partition coefficient (Wildman–Crippen LogP) is 4.07. The van der Waals surface area contributed by atoms with Crippen LogP contribution in [0.4, 0.5) is 0 Å². The second-order valence-electron chi connectivity index (χ2n) is 5.42. The first kappa shape index (κ1) is 21.9. The van der Waals surface area contributed by atoms with Gasteiger partial charge in [-0.25, -0.2) is 8.42 Å². The summed E-state index contributed by atoms with van der Waals surface area (Å²) in [6, 6.07) is 7.69. The first-order valence-electron chi connectivity index (χ1n) is 7.67. The van der Waals surface area contributed by atoms with Crippen molar-refractivity contribution in [2.24, 2.45) is 0 Å². The quantitative estimate of drug-likeness (QED) is 0.450. The molecule has 0 fully saturated rings. The lowest BCUT2D eigenvalue weighted by Crippen LogP contribution is -2.31. The highest BCUT2D eigenvalue weighted by molar-refractivity contribution is 7.89. The molecule has 0 bridgehead atoms. The smallest absolute Gasteiger partial charge is 0.266 e. The third-order valence-corrected chi connectivity index (χ3v) is 7.04. The average Bonchev–Trinajstić information content (AvgIpc) is 3.05. The van der Waals surface area contributed by atoms with Gasteiger partial charge in [0.15, 0.2) is 0 Å². The number of carbonyl (C=O) groups is 1. The molecule has 0 saturated heterocycles. The van der Waals surface area contributed by atoms with E-state index in [1.165, 1.54) is 48.6 Å². The molecule has 2 aromatic rings. The van der Waals surface area contributed by atoms with Gasteiger partial charge in [-0.15, -0.1) is 17.9 Å². The summed E-state index contributed by atoms with van der Waals surface area (Å²) in [5.74, 6) is -0.354. The van der Waals surface area contributed by atoms with Crippen molar-refractivity contribution in [1.29, 1.82) is 0 Å². The van der Waals surface area contributed by atoms with E-state index in [0.29, 0.717) is 15.3 Å². The fourth-order valence-electron chi connectivity index (χ4n) is 2.25. The van der Waals surface area contributed by atoms with Crippen LogP contribution in [0.2, 0.25) is 9.36 Å². The molecule has 10 heteroatoms. The number of benzene rings is 1. The lowest BCUT2D eigenvalue weighted by atomic mass is 10.2. The summed E-state index contributed by atoms with van der Waals surface area (Å²) in [5, 5.41) is -0.00393. The molecule has 1 aromatic heterocycles. The minimum absolute atomic E-state index is 0.00393. The van der Waals surface area contributed by atoms with Gasteiger partial charge < -0.3 is 4.90 Å². The van der Waals surface area contributed by atoms with Gasteiger partial charge in [0.05, 0.1) is 23.0 Å². The number of hydrogen-bond acceptors (Lipinski definition) is 5. The second kappa shape index (κ2) is 9.18. The molecule has 1 heterocycles. The molecule has 27 heavy (non-hydrogen) atoms. The van der Waals surface area contributed by atoms with E-state index >= 15 is 0 Å². The van der Waals surface area contributed by atoms with Gasteiger partial charge in [-0.2, -0.15) is 0 Å². The van der Waals surface area contributed by atoms with E-state index < -0.39 is 10.0 Å². The highest BCUT2D eigenvalue weighted by Gasteiger charge is 2.26. The van der Waals surface area contributed by atoms with Crippen LogP contribution < -0.4 is 0 Å². The van der Waals surface area contributed by atoms with Crippen molar-refractivity contribution in [2.75, 3.05) is 20.7 Å². The maximum absolute atomic E-state index is 12.9. The number of rotatable bonds is 8. The Bertz CT molecular complexity index is 944. The van der Waals surface area contributed by atoms with Crippen LogP contribution in [0.1, 0.15) is 15.2 Å². The fourth-order valence-corrected chi connectivity index (χ4v) is 4.83. The van der Waals surface area contributed by atoms with Gasteiger partial charge in [0.2, 0.25) is 0 Å². The molecule has 1 amide bonds. The minimum atomic E-state index is -4.00. The van der Waals surface area contributed by atoms with Crippen LogP contribution in [0.15, 0.2) is 47.9 Å². The molecular formula is C17H18Cl2N2O4S2. The van der Waals surface area contributed by atoms with E-state index in [1.54, 1.807) is 12.1 Å². The Kier molecular flexibility index (Phi) is 7.44. The van der Waals surface area contributed by atoms with Crippen molar-refractivity contribution in [3.63, 3.8) is 0 Å². The Morgan fingerprint density at radius 1 is 1.30 bits per heavy atom. The van der Waals surface area contributed by atoms with Crippen LogP contribution in [0, 0.1) is 0 Å². The number of carbonyl (C=O) groups excluding carboxylic acids is 1. The second-order valence-corrected chi connectivity index (χ2v) is 9.53. The number of hydrogen-bond donors (Lipinski definition) is 0. The largest absolute Gasteiger partial charge is 0.330 e. The van der Waals surface area contributed by atoms with Crippen molar-refractivity contribution in [1.82, 2.24) is 9.37 Å². The molecule has 0 N–H and O–H groups in total. The topological polar surface area (TPSA) is 66.9 Å². The predicted molar refractivity (Wildman–Crippen MR) is 108 cm³/mol. The number of thiophene rings is 1. The van der Waals surface area contributed by atoms with Gasteiger partial charge in [0.1, 0.15) is 4.90 Å². The Hall–Kier alpha value is -1.42. The molecule has 0 radical (unpaired) electrons. The summed E-state index contributed by atoms with van der Waals surface area (Å²) in [5.41, 5.74) is 0.187. The Morgan fingerprint density at radius 3 is 2.56 bits per heavy atom. The normalized spacial score (nSPS) is 11.6. The van der Waals surface area contributed by atoms with E-state index in [0.717, 1.165) is 4.88 Å². The number of sulfonamides is 1. The monoisotopic (exact) mass is 448 g/mol. The van der Waals surface area contributed by atoms with Crippen molar-refractivity contribution < 1.29 is 18.0 Å². The molecule has 0 aliphatic carbocycles. The van der Waals surface area contributed by atoms with Crippen molar-refractivity contribution in [2.45, 2.75) is 11.4 Å². The fraction of sp³-hybridized carbons (Fsp3) is 0.235. The van der Waals surface area contributed by atoms with E-state index in [-0.39, 0.29) is 27.9 Å². The lowest BCUT2D eigenvalue weighted by molar-refractivity contribution is -0.0258. The first-order valence-corrected chi connectivity index (χ1v) is 10.7. The van der Waals surface area contributed by atoms with E-state index in [1.807, 2.05) is 6.07 Å². The third kappa shape index (κ3) is 5.10. The van der Waals surface area contributed by atoms with Gasteiger partial charge in [0, 0.05) is 24.0 Å². The maximum atomic E-state index is 12.9. The van der Waals surface area contributed by atoms with Crippen molar-refractivity contribution >= 4 is 50.5 Å². The minimum Gasteiger partial charge on any atom is -0.330 e. The summed E-state index contributed by atoms with van der Waals surface area (Å²) >= 11 is 13.4. The van der Waals surface area contributed by atoms with E-state index in [2.05, 4.69) is 6.58 Å². The Labute approximate surface area is 172 Å². The highest BCUT2D eigenvalue weighted by atomic mass is 35.5. The summed E-state index contributed by atoms with van der Waals surface area (Å²) in [6.07, 6.45) is 1.60.